The number of nitrogens with zero attached hydrogens (tertiary/aromatic N) is 6. The van der Waals surface area contributed by atoms with Crippen molar-refractivity contribution >= 4 is 22.8 Å². The van der Waals surface area contributed by atoms with E-state index >= 15 is 4.39 Å². The molecule has 1 saturated heterocycles. The third kappa shape index (κ3) is 4.90. The maximum atomic E-state index is 16.0. The highest BCUT2D eigenvalue weighted by molar-refractivity contribution is 5.91. The van der Waals surface area contributed by atoms with Crippen LogP contribution in [0.4, 0.5) is 10.2 Å². The second-order valence-corrected chi connectivity index (χ2v) is 11.1. The summed E-state index contributed by atoms with van der Waals surface area (Å²) >= 11 is 0. The molecule has 5 rings (SSSR count). The van der Waals surface area contributed by atoms with Gasteiger partial charge < -0.3 is 9.80 Å². The lowest BCUT2D eigenvalue weighted by atomic mass is 10.0. The molecule has 0 radical (unpaired) electrons. The highest BCUT2D eigenvalue weighted by atomic mass is 19.1. The molecule has 1 amide bonds. The first-order valence-corrected chi connectivity index (χ1v) is 13.9. The van der Waals surface area contributed by atoms with Gasteiger partial charge in [-0.05, 0) is 62.9 Å². The molecule has 8 nitrogen and oxygen atoms in total. The summed E-state index contributed by atoms with van der Waals surface area (Å²) in [7, 11) is 0. The molecule has 41 heavy (non-hydrogen) atoms. The van der Waals surface area contributed by atoms with Gasteiger partial charge >= 0.3 is 5.69 Å². The van der Waals surface area contributed by atoms with Crippen molar-refractivity contribution in [3.8, 4) is 16.9 Å². The van der Waals surface area contributed by atoms with Crippen LogP contribution in [0.2, 0.25) is 0 Å². The highest BCUT2D eigenvalue weighted by Gasteiger charge is 2.34. The van der Waals surface area contributed by atoms with E-state index in [1.54, 1.807) is 11.1 Å². The van der Waals surface area contributed by atoms with Crippen LogP contribution >= 0.6 is 0 Å². The van der Waals surface area contributed by atoms with Crippen molar-refractivity contribution < 1.29 is 9.18 Å². The number of amides is 1. The largest absolute Gasteiger partial charge is 0.355 e. The average Bonchev–Trinajstić information content (AvgIpc) is 2.93. The van der Waals surface area contributed by atoms with E-state index in [4.69, 9.17) is 4.98 Å². The van der Waals surface area contributed by atoms with Crippen LogP contribution in [0.5, 0.6) is 0 Å². The van der Waals surface area contributed by atoms with Crippen molar-refractivity contribution in [1.82, 2.24) is 24.4 Å². The molecule has 4 heterocycles. The second-order valence-electron chi connectivity index (χ2n) is 11.1. The van der Waals surface area contributed by atoms with Crippen molar-refractivity contribution in [2.24, 2.45) is 0 Å². The Bertz CT molecular complexity index is 1720. The Labute approximate surface area is 239 Å². The van der Waals surface area contributed by atoms with Crippen molar-refractivity contribution in [1.29, 1.82) is 0 Å². The van der Waals surface area contributed by atoms with Crippen molar-refractivity contribution in [2.45, 2.75) is 59.5 Å². The van der Waals surface area contributed by atoms with E-state index in [-0.39, 0.29) is 29.6 Å². The lowest BCUT2D eigenvalue weighted by Crippen LogP contribution is -2.58. The zero-order valence-corrected chi connectivity index (χ0v) is 24.3. The number of benzene rings is 1. The first kappa shape index (κ1) is 28.1. The Morgan fingerprint density at radius 2 is 1.76 bits per heavy atom. The normalized spacial score (nSPS) is 17.4. The van der Waals surface area contributed by atoms with E-state index in [1.807, 2.05) is 76.8 Å². The summed E-state index contributed by atoms with van der Waals surface area (Å²) in [6, 6.07) is 10.4. The minimum Gasteiger partial charge on any atom is -0.347 e. The molecular weight excluding hydrogens is 519 g/mol. The van der Waals surface area contributed by atoms with E-state index in [2.05, 4.69) is 16.5 Å². The Morgan fingerprint density at radius 3 is 2.39 bits per heavy atom. The van der Waals surface area contributed by atoms with E-state index in [1.165, 1.54) is 16.7 Å². The first-order chi connectivity index (χ1) is 19.5. The quantitative estimate of drug-likeness (QED) is 0.310. The Balaban J connectivity index is 1.84. The van der Waals surface area contributed by atoms with Gasteiger partial charge in [-0.25, -0.2) is 18.7 Å². The van der Waals surface area contributed by atoms with Crippen LogP contribution in [0.1, 0.15) is 50.4 Å². The number of fused-ring (bicyclic) bond motifs is 1. The Kier molecular flexibility index (Phi) is 7.46. The molecule has 0 unspecified atom stereocenters. The number of carbonyl (C=O) groups excluding carboxylic acids is 1. The van der Waals surface area contributed by atoms with Gasteiger partial charge in [-0.2, -0.15) is 4.98 Å². The summed E-state index contributed by atoms with van der Waals surface area (Å²) in [5.74, 6) is -0.297. The number of piperazine rings is 1. The molecule has 1 aliphatic heterocycles. The topological polar surface area (TPSA) is 84.2 Å². The van der Waals surface area contributed by atoms with E-state index in [0.717, 1.165) is 16.8 Å². The lowest BCUT2D eigenvalue weighted by Gasteiger charge is -2.45. The molecule has 0 bridgehead atoms. The van der Waals surface area contributed by atoms with Crippen LogP contribution in [0.15, 0.2) is 60.0 Å². The summed E-state index contributed by atoms with van der Waals surface area (Å²) in [6.07, 6.45) is 3.03. The van der Waals surface area contributed by atoms with E-state index in [9.17, 15) is 9.59 Å². The van der Waals surface area contributed by atoms with Crippen LogP contribution in [0, 0.1) is 19.7 Å². The molecule has 1 aliphatic rings. The minimum atomic E-state index is -0.524. The molecule has 2 atom stereocenters. The van der Waals surface area contributed by atoms with Crippen molar-refractivity contribution in [3.63, 3.8) is 0 Å². The average molecular weight is 555 g/mol. The minimum absolute atomic E-state index is 0.0123. The predicted octanol–water partition coefficient (Wildman–Crippen LogP) is 5.33. The van der Waals surface area contributed by atoms with Gasteiger partial charge in [-0.15, -0.1) is 0 Å². The first-order valence-electron chi connectivity index (χ1n) is 13.9. The van der Waals surface area contributed by atoms with Crippen molar-refractivity contribution in [3.05, 3.63) is 88.4 Å². The van der Waals surface area contributed by atoms with Crippen LogP contribution in [0.25, 0.3) is 28.0 Å². The van der Waals surface area contributed by atoms with E-state index < -0.39 is 11.5 Å². The Morgan fingerprint density at radius 1 is 1.07 bits per heavy atom. The zero-order chi connectivity index (χ0) is 29.6. The fourth-order valence-electron chi connectivity index (χ4n) is 5.87. The number of aryl methyl sites for hydroxylation is 2. The maximum absolute atomic E-state index is 16.0. The van der Waals surface area contributed by atoms with Gasteiger partial charge in [-0.1, -0.05) is 44.7 Å². The second kappa shape index (κ2) is 10.9. The highest BCUT2D eigenvalue weighted by Crippen LogP contribution is 2.35. The monoisotopic (exact) mass is 554 g/mol. The molecular formula is C32H35FN6O2. The Hall–Kier alpha value is -4.40. The van der Waals surface area contributed by atoms with Gasteiger partial charge in [0.2, 0.25) is 5.91 Å². The molecule has 0 spiro atoms. The third-order valence-electron chi connectivity index (χ3n) is 7.78. The smallest absolute Gasteiger partial charge is 0.347 e. The molecule has 1 aromatic carbocycles. The number of anilines is 1. The predicted molar refractivity (Wildman–Crippen MR) is 160 cm³/mol. The number of hydrogen-bond donors (Lipinski definition) is 0. The molecule has 0 aliphatic carbocycles. The van der Waals surface area contributed by atoms with Gasteiger partial charge in [-0.3, -0.25) is 9.78 Å². The van der Waals surface area contributed by atoms with E-state index in [0.29, 0.717) is 41.2 Å². The van der Waals surface area contributed by atoms with Gasteiger partial charge in [0.1, 0.15) is 17.3 Å². The summed E-state index contributed by atoms with van der Waals surface area (Å²) in [4.78, 5) is 44.2. The molecule has 1 fully saturated rings. The number of aromatic nitrogens is 4. The third-order valence-corrected chi connectivity index (χ3v) is 7.78. The molecule has 0 saturated carbocycles. The fraction of sp³-hybridized carbons (Fsp3) is 0.344. The zero-order valence-electron chi connectivity index (χ0n) is 24.3. The number of halogens is 1. The molecule has 9 heteroatoms. The van der Waals surface area contributed by atoms with Crippen LogP contribution in [-0.2, 0) is 4.79 Å². The summed E-state index contributed by atoms with van der Waals surface area (Å²) < 4.78 is 17.5. The molecule has 4 aromatic rings. The molecule has 3 aromatic heterocycles. The molecule has 0 N–H and O–H groups in total. The summed E-state index contributed by atoms with van der Waals surface area (Å²) in [6.45, 7) is 16.2. The van der Waals surface area contributed by atoms with Crippen LogP contribution in [-0.4, -0.2) is 55.5 Å². The summed E-state index contributed by atoms with van der Waals surface area (Å²) in [5, 5.41) is 0.416. The lowest BCUT2D eigenvalue weighted by molar-refractivity contribution is -0.127. The SMILES string of the molecule is C=CC(=O)N1C[C@H](C)N(c2nc(=O)n(-c3c(C)ccnc3C(C)C)c3nc(-c4ccccc4C)c(F)cc23)[C@@H](C)C1. The van der Waals surface area contributed by atoms with Crippen molar-refractivity contribution in [2.75, 3.05) is 18.0 Å². The van der Waals surface area contributed by atoms with Gasteiger partial charge in [0, 0.05) is 36.9 Å². The molecule has 212 valence electrons. The fourth-order valence-corrected chi connectivity index (χ4v) is 5.87. The van der Waals surface area contributed by atoms with Crippen LogP contribution < -0.4 is 10.6 Å². The standard InChI is InChI=1S/C32H35FN6O2/c1-8-26(40)37-16-21(6)38(22(7)17-37)31-24-15-25(33)28(23-12-10-9-11-19(23)4)35-30(24)39(32(41)36-31)29-20(5)13-14-34-27(29)18(2)3/h8-15,18,21-22H,1,16-17H2,2-7H3/t21-,22-/m0/s1. The maximum Gasteiger partial charge on any atom is 0.355 e. The van der Waals surface area contributed by atoms with Gasteiger partial charge in [0.15, 0.2) is 5.65 Å². The van der Waals surface area contributed by atoms with Gasteiger partial charge in [0.05, 0.1) is 16.8 Å². The number of rotatable bonds is 5. The number of pyridine rings is 2. The number of hydrogen-bond acceptors (Lipinski definition) is 6. The van der Waals surface area contributed by atoms with Crippen LogP contribution in [0.3, 0.4) is 0 Å². The summed E-state index contributed by atoms with van der Waals surface area (Å²) in [5.41, 5.74) is 3.63. The van der Waals surface area contributed by atoms with Gasteiger partial charge in [0.25, 0.3) is 0 Å². The number of carbonyl (C=O) groups is 1.